The van der Waals surface area contributed by atoms with Gasteiger partial charge < -0.3 is 10.2 Å². The molecular weight excluding hydrogens is 264 g/mol. The molecule has 1 atom stereocenters. The lowest BCUT2D eigenvalue weighted by Gasteiger charge is -2.36. The van der Waals surface area contributed by atoms with Crippen molar-refractivity contribution in [3.05, 3.63) is 34.3 Å². The highest BCUT2D eigenvalue weighted by molar-refractivity contribution is 9.10. The minimum absolute atomic E-state index is 0.292. The van der Waals surface area contributed by atoms with E-state index < -0.39 is 0 Å². The maximum atomic E-state index is 3.54. The number of nitrogens with zero attached hydrogens (tertiary/aromatic N) is 1. The first kappa shape index (κ1) is 12.1. The lowest BCUT2D eigenvalue weighted by atomic mass is 9.89. The lowest BCUT2D eigenvalue weighted by Crippen LogP contribution is -2.47. The van der Waals surface area contributed by atoms with Crippen LogP contribution in [0.1, 0.15) is 12.0 Å². The van der Waals surface area contributed by atoms with Gasteiger partial charge in [0, 0.05) is 16.6 Å². The molecule has 1 aromatic carbocycles. The van der Waals surface area contributed by atoms with Gasteiger partial charge in [-0.1, -0.05) is 28.1 Å². The van der Waals surface area contributed by atoms with Gasteiger partial charge in [-0.15, -0.1) is 0 Å². The normalized spacial score (nSPS) is 25.2. The van der Waals surface area contributed by atoms with E-state index in [1.807, 2.05) is 0 Å². The zero-order valence-corrected chi connectivity index (χ0v) is 11.5. The predicted molar refractivity (Wildman–Crippen MR) is 71.8 cm³/mol. The molecule has 0 aromatic heterocycles. The van der Waals surface area contributed by atoms with E-state index in [-0.39, 0.29) is 0 Å². The van der Waals surface area contributed by atoms with Crippen LogP contribution in [-0.4, -0.2) is 37.6 Å². The first-order chi connectivity index (χ1) is 7.62. The molecule has 1 aliphatic heterocycles. The molecule has 2 rings (SSSR count). The van der Waals surface area contributed by atoms with Crippen molar-refractivity contribution in [2.24, 2.45) is 0 Å². The van der Waals surface area contributed by atoms with Gasteiger partial charge in [0.1, 0.15) is 0 Å². The molecule has 1 heterocycles. The molecule has 0 amide bonds. The highest BCUT2D eigenvalue weighted by Crippen LogP contribution is 2.26. The molecule has 1 fully saturated rings. The summed E-state index contributed by atoms with van der Waals surface area (Å²) >= 11 is 3.54. The topological polar surface area (TPSA) is 15.3 Å². The van der Waals surface area contributed by atoms with Crippen LogP contribution in [0.5, 0.6) is 0 Å². The fourth-order valence-electron chi connectivity index (χ4n) is 2.45. The highest BCUT2D eigenvalue weighted by Gasteiger charge is 2.35. The molecule has 0 spiro atoms. The maximum absolute atomic E-state index is 3.54. The van der Waals surface area contributed by atoms with E-state index in [4.69, 9.17) is 0 Å². The number of benzene rings is 1. The van der Waals surface area contributed by atoms with E-state index in [0.29, 0.717) is 5.54 Å². The van der Waals surface area contributed by atoms with Crippen LogP contribution in [0.15, 0.2) is 28.7 Å². The van der Waals surface area contributed by atoms with E-state index in [2.05, 4.69) is 64.5 Å². The molecule has 1 saturated heterocycles. The summed E-state index contributed by atoms with van der Waals surface area (Å²) in [6.07, 6.45) is 2.35. The SMILES string of the molecule is CN(C)C1(Cc2cccc(Br)c2)CCNC1. The van der Waals surface area contributed by atoms with Gasteiger partial charge in [-0.2, -0.15) is 0 Å². The molecular formula is C13H19BrN2. The van der Waals surface area contributed by atoms with Gasteiger partial charge in [0.2, 0.25) is 0 Å². The summed E-state index contributed by atoms with van der Waals surface area (Å²) in [5.74, 6) is 0. The third kappa shape index (κ3) is 2.47. The number of halogens is 1. The monoisotopic (exact) mass is 282 g/mol. The van der Waals surface area contributed by atoms with Crippen LogP contribution in [0.4, 0.5) is 0 Å². The van der Waals surface area contributed by atoms with Gasteiger partial charge in [0.05, 0.1) is 0 Å². The molecule has 0 bridgehead atoms. The van der Waals surface area contributed by atoms with Crippen molar-refractivity contribution in [3.63, 3.8) is 0 Å². The Morgan fingerprint density at radius 3 is 2.81 bits per heavy atom. The first-order valence-corrected chi connectivity index (χ1v) is 6.54. The first-order valence-electron chi connectivity index (χ1n) is 5.75. The van der Waals surface area contributed by atoms with Gasteiger partial charge in [0.15, 0.2) is 0 Å². The summed E-state index contributed by atoms with van der Waals surface area (Å²) in [5.41, 5.74) is 1.70. The van der Waals surface area contributed by atoms with Crippen molar-refractivity contribution in [1.29, 1.82) is 0 Å². The predicted octanol–water partition coefficient (Wildman–Crippen LogP) is 2.29. The number of rotatable bonds is 3. The number of likely N-dealkylation sites (N-methyl/N-ethyl adjacent to an activating group) is 1. The van der Waals surface area contributed by atoms with Crippen LogP contribution in [0.3, 0.4) is 0 Å². The molecule has 1 N–H and O–H groups in total. The zero-order chi connectivity index (χ0) is 11.6. The fraction of sp³-hybridized carbons (Fsp3) is 0.538. The van der Waals surface area contributed by atoms with Gasteiger partial charge in [0.25, 0.3) is 0 Å². The molecule has 88 valence electrons. The van der Waals surface area contributed by atoms with E-state index in [1.165, 1.54) is 16.5 Å². The summed E-state index contributed by atoms with van der Waals surface area (Å²) < 4.78 is 1.17. The molecule has 1 aromatic rings. The summed E-state index contributed by atoms with van der Waals surface area (Å²) in [6, 6.07) is 8.64. The number of hydrogen-bond donors (Lipinski definition) is 1. The van der Waals surface area contributed by atoms with Crippen LogP contribution in [0.25, 0.3) is 0 Å². The van der Waals surface area contributed by atoms with Crippen LogP contribution in [0, 0.1) is 0 Å². The molecule has 0 radical (unpaired) electrons. The van der Waals surface area contributed by atoms with Crippen molar-refractivity contribution >= 4 is 15.9 Å². The van der Waals surface area contributed by atoms with Crippen LogP contribution < -0.4 is 5.32 Å². The minimum Gasteiger partial charge on any atom is -0.315 e. The standard InChI is InChI=1S/C13H19BrN2/c1-16(2)13(6-7-15-10-13)9-11-4-3-5-12(14)8-11/h3-5,8,15H,6-7,9-10H2,1-2H3. The quantitative estimate of drug-likeness (QED) is 0.915. The number of hydrogen-bond acceptors (Lipinski definition) is 2. The molecule has 16 heavy (non-hydrogen) atoms. The fourth-order valence-corrected chi connectivity index (χ4v) is 2.89. The largest absolute Gasteiger partial charge is 0.315 e. The smallest absolute Gasteiger partial charge is 0.0380 e. The Balaban J connectivity index is 2.18. The average molecular weight is 283 g/mol. The Morgan fingerprint density at radius 2 is 2.25 bits per heavy atom. The molecule has 0 aliphatic carbocycles. The van der Waals surface area contributed by atoms with E-state index in [9.17, 15) is 0 Å². The Hall–Kier alpha value is -0.380. The molecule has 3 heteroatoms. The summed E-state index contributed by atoms with van der Waals surface area (Å²) in [4.78, 5) is 2.37. The lowest BCUT2D eigenvalue weighted by molar-refractivity contribution is 0.172. The minimum atomic E-state index is 0.292. The van der Waals surface area contributed by atoms with Crippen molar-refractivity contribution in [3.8, 4) is 0 Å². The Labute approximate surface area is 106 Å². The van der Waals surface area contributed by atoms with Crippen molar-refractivity contribution in [2.75, 3.05) is 27.2 Å². The van der Waals surface area contributed by atoms with Crippen molar-refractivity contribution < 1.29 is 0 Å². The summed E-state index contributed by atoms with van der Waals surface area (Å²) in [7, 11) is 4.37. The molecule has 1 aliphatic rings. The van der Waals surface area contributed by atoms with E-state index in [1.54, 1.807) is 0 Å². The zero-order valence-electron chi connectivity index (χ0n) is 9.96. The summed E-state index contributed by atoms with van der Waals surface area (Å²) in [5, 5.41) is 3.48. The van der Waals surface area contributed by atoms with Gasteiger partial charge in [-0.3, -0.25) is 0 Å². The Morgan fingerprint density at radius 1 is 1.44 bits per heavy atom. The van der Waals surface area contributed by atoms with Crippen LogP contribution in [0.2, 0.25) is 0 Å². The van der Waals surface area contributed by atoms with Crippen molar-refractivity contribution in [2.45, 2.75) is 18.4 Å². The van der Waals surface area contributed by atoms with Gasteiger partial charge in [-0.05, 0) is 51.2 Å². The molecule has 1 unspecified atom stereocenters. The number of nitrogens with one attached hydrogen (secondary N) is 1. The van der Waals surface area contributed by atoms with Crippen molar-refractivity contribution in [1.82, 2.24) is 10.2 Å². The maximum Gasteiger partial charge on any atom is 0.0380 e. The van der Waals surface area contributed by atoms with Crippen LogP contribution >= 0.6 is 15.9 Å². The van der Waals surface area contributed by atoms with Crippen LogP contribution in [-0.2, 0) is 6.42 Å². The average Bonchev–Trinajstić information content (AvgIpc) is 2.67. The third-order valence-electron chi connectivity index (χ3n) is 3.59. The van der Waals surface area contributed by atoms with E-state index >= 15 is 0 Å². The second-order valence-corrected chi connectivity index (χ2v) is 5.77. The van der Waals surface area contributed by atoms with Gasteiger partial charge in [-0.25, -0.2) is 0 Å². The Kier molecular flexibility index (Phi) is 3.67. The molecule has 2 nitrogen and oxygen atoms in total. The summed E-state index contributed by atoms with van der Waals surface area (Å²) in [6.45, 7) is 2.22. The second-order valence-electron chi connectivity index (χ2n) is 4.85. The second kappa shape index (κ2) is 4.86. The third-order valence-corrected chi connectivity index (χ3v) is 4.09. The van der Waals surface area contributed by atoms with Gasteiger partial charge >= 0.3 is 0 Å². The molecule has 0 saturated carbocycles. The highest BCUT2D eigenvalue weighted by atomic mass is 79.9. The van der Waals surface area contributed by atoms with E-state index in [0.717, 1.165) is 19.5 Å². The Bertz CT molecular complexity index is 357.